The topological polar surface area (TPSA) is 68.3 Å². The average molecular weight is 477 g/mol. The second-order valence-corrected chi connectivity index (χ2v) is 10.5. The third kappa shape index (κ3) is 3.49. The van der Waals surface area contributed by atoms with Crippen LogP contribution in [0.5, 0.6) is 0 Å². The zero-order valence-electron chi connectivity index (χ0n) is 19.8. The SMILES string of the molecule is Cc1c2c(cn1C)-n1c(C)nnc1C(CC(=O)N1CC3CCC(C3)C1)N=C2c1ccc(Cl)cc1. The Labute approximate surface area is 204 Å². The van der Waals surface area contributed by atoms with Gasteiger partial charge in [-0.1, -0.05) is 23.7 Å². The minimum Gasteiger partial charge on any atom is -0.352 e. The zero-order chi connectivity index (χ0) is 23.6. The van der Waals surface area contributed by atoms with Crippen LogP contribution in [-0.4, -0.2) is 48.9 Å². The number of carbonyl (C=O) groups excluding carboxylic acids is 1. The molecule has 176 valence electrons. The van der Waals surface area contributed by atoms with Crippen LogP contribution >= 0.6 is 11.6 Å². The standard InChI is InChI=1S/C26H29ClN6O/c1-15-24-22(14-31(15)3)33-16(2)29-30-26(33)21(28-25(24)19-6-8-20(27)9-7-19)11-23(34)32-12-17-4-5-18(10-17)13-32/h6-9,14,17-18,21H,4-5,10-13H2,1-3H3. The first-order chi connectivity index (χ1) is 16.4. The third-order valence-corrected chi connectivity index (χ3v) is 8.07. The number of hydrogen-bond donors (Lipinski definition) is 0. The van der Waals surface area contributed by atoms with Gasteiger partial charge in [0.2, 0.25) is 5.91 Å². The minimum atomic E-state index is -0.406. The quantitative estimate of drug-likeness (QED) is 0.562. The second kappa shape index (κ2) is 8.08. The van der Waals surface area contributed by atoms with Gasteiger partial charge < -0.3 is 9.47 Å². The van der Waals surface area contributed by atoms with Gasteiger partial charge in [0, 0.05) is 48.2 Å². The molecular weight excluding hydrogens is 448 g/mol. The molecule has 1 saturated heterocycles. The van der Waals surface area contributed by atoms with E-state index in [0.717, 1.165) is 53.0 Å². The average Bonchev–Trinajstić information content (AvgIpc) is 3.43. The molecule has 3 aliphatic rings. The van der Waals surface area contributed by atoms with Crippen molar-refractivity contribution in [2.24, 2.45) is 23.9 Å². The summed E-state index contributed by atoms with van der Waals surface area (Å²) in [4.78, 5) is 20.8. The number of hydrogen-bond acceptors (Lipinski definition) is 4. The van der Waals surface area contributed by atoms with Gasteiger partial charge in [-0.25, -0.2) is 0 Å². The highest BCUT2D eigenvalue weighted by Gasteiger charge is 2.37. The molecule has 0 radical (unpaired) electrons. The van der Waals surface area contributed by atoms with Crippen LogP contribution in [0.2, 0.25) is 5.02 Å². The molecule has 4 heterocycles. The number of likely N-dealkylation sites (tertiary alicyclic amines) is 1. The molecule has 2 aromatic heterocycles. The lowest BCUT2D eigenvalue weighted by atomic mass is 9.98. The van der Waals surface area contributed by atoms with E-state index in [4.69, 9.17) is 16.6 Å². The van der Waals surface area contributed by atoms with Crippen molar-refractivity contribution in [2.75, 3.05) is 13.1 Å². The molecule has 34 heavy (non-hydrogen) atoms. The van der Waals surface area contributed by atoms with Gasteiger partial charge in [0.1, 0.15) is 11.9 Å². The predicted octanol–water partition coefficient (Wildman–Crippen LogP) is 4.42. The Bertz CT molecular complexity index is 1290. The first kappa shape index (κ1) is 21.6. The number of fused-ring (bicyclic) bond motifs is 5. The van der Waals surface area contributed by atoms with E-state index in [1.165, 1.54) is 19.3 Å². The number of halogens is 1. The molecule has 1 amide bonds. The van der Waals surface area contributed by atoms with Gasteiger partial charge in [-0.05, 0) is 57.1 Å². The molecule has 7 nitrogen and oxygen atoms in total. The summed E-state index contributed by atoms with van der Waals surface area (Å²) in [5.41, 5.74) is 4.98. The third-order valence-electron chi connectivity index (χ3n) is 7.82. The fourth-order valence-electron chi connectivity index (χ4n) is 6.01. The maximum Gasteiger partial charge on any atom is 0.225 e. The molecule has 6 rings (SSSR count). The van der Waals surface area contributed by atoms with E-state index in [2.05, 4.69) is 37.4 Å². The van der Waals surface area contributed by atoms with Crippen LogP contribution in [-0.2, 0) is 11.8 Å². The molecule has 2 bridgehead atoms. The van der Waals surface area contributed by atoms with Crippen LogP contribution < -0.4 is 0 Å². The van der Waals surface area contributed by atoms with Gasteiger partial charge in [0.05, 0.1) is 17.8 Å². The van der Waals surface area contributed by atoms with E-state index >= 15 is 0 Å². The van der Waals surface area contributed by atoms with E-state index < -0.39 is 6.04 Å². The van der Waals surface area contributed by atoms with Gasteiger partial charge in [0.15, 0.2) is 5.82 Å². The first-order valence-corrected chi connectivity index (χ1v) is 12.5. The number of aryl methyl sites for hydroxylation is 2. The second-order valence-electron chi connectivity index (χ2n) is 10.1. The van der Waals surface area contributed by atoms with Crippen LogP contribution in [0, 0.1) is 25.7 Å². The summed E-state index contributed by atoms with van der Waals surface area (Å²) < 4.78 is 4.18. The monoisotopic (exact) mass is 476 g/mol. The van der Waals surface area contributed by atoms with Gasteiger partial charge in [-0.2, -0.15) is 0 Å². The molecular formula is C26H29ClN6O. The zero-order valence-corrected chi connectivity index (χ0v) is 20.6. The van der Waals surface area contributed by atoms with Crippen molar-refractivity contribution in [3.05, 3.63) is 64.0 Å². The van der Waals surface area contributed by atoms with Crippen LogP contribution in [0.25, 0.3) is 5.69 Å². The fourth-order valence-corrected chi connectivity index (χ4v) is 6.13. The Hall–Kier alpha value is -2.93. The summed E-state index contributed by atoms with van der Waals surface area (Å²) in [6.07, 6.45) is 6.17. The number of nitrogens with zero attached hydrogens (tertiary/aromatic N) is 6. The molecule has 3 atom stereocenters. The van der Waals surface area contributed by atoms with Crippen molar-refractivity contribution in [3.8, 4) is 5.69 Å². The lowest BCUT2D eigenvalue weighted by Gasteiger charge is -2.32. The number of amides is 1. The molecule has 0 spiro atoms. The van der Waals surface area contributed by atoms with Gasteiger partial charge in [-0.3, -0.25) is 14.4 Å². The summed E-state index contributed by atoms with van der Waals surface area (Å²) in [5, 5.41) is 9.59. The predicted molar refractivity (Wildman–Crippen MR) is 132 cm³/mol. The number of aromatic nitrogens is 4. The Morgan fingerprint density at radius 3 is 2.50 bits per heavy atom. The summed E-state index contributed by atoms with van der Waals surface area (Å²) in [5.74, 6) is 2.99. The van der Waals surface area contributed by atoms with Crippen molar-refractivity contribution < 1.29 is 4.79 Å². The van der Waals surface area contributed by atoms with Crippen molar-refractivity contribution in [3.63, 3.8) is 0 Å². The van der Waals surface area contributed by atoms with E-state index in [0.29, 0.717) is 23.3 Å². The molecule has 1 aromatic carbocycles. The molecule has 2 fully saturated rings. The number of piperidine rings is 1. The summed E-state index contributed by atoms with van der Waals surface area (Å²) in [6.45, 7) is 5.80. The lowest BCUT2D eigenvalue weighted by Crippen LogP contribution is -2.41. The van der Waals surface area contributed by atoms with E-state index in [9.17, 15) is 4.79 Å². The van der Waals surface area contributed by atoms with Crippen LogP contribution in [0.3, 0.4) is 0 Å². The van der Waals surface area contributed by atoms with Crippen molar-refractivity contribution >= 4 is 23.2 Å². The van der Waals surface area contributed by atoms with Gasteiger partial charge in [0.25, 0.3) is 0 Å². The van der Waals surface area contributed by atoms with Crippen molar-refractivity contribution in [1.82, 2.24) is 24.2 Å². The van der Waals surface area contributed by atoms with E-state index in [1.807, 2.05) is 38.2 Å². The maximum absolute atomic E-state index is 13.5. The fraction of sp³-hybridized carbons (Fsp3) is 0.462. The van der Waals surface area contributed by atoms with Gasteiger partial charge >= 0.3 is 0 Å². The Morgan fingerprint density at radius 1 is 1.09 bits per heavy atom. The minimum absolute atomic E-state index is 0.164. The van der Waals surface area contributed by atoms with Crippen molar-refractivity contribution in [2.45, 2.75) is 45.6 Å². The van der Waals surface area contributed by atoms with Gasteiger partial charge in [-0.15, -0.1) is 10.2 Å². The molecule has 0 N–H and O–H groups in total. The molecule has 8 heteroatoms. The molecule has 3 unspecified atom stereocenters. The molecule has 1 aliphatic carbocycles. The highest BCUT2D eigenvalue weighted by molar-refractivity contribution is 6.30. The Morgan fingerprint density at radius 2 is 1.79 bits per heavy atom. The Balaban J connectivity index is 1.45. The highest BCUT2D eigenvalue weighted by Crippen LogP contribution is 2.38. The number of carbonyl (C=O) groups is 1. The molecule has 2 aliphatic heterocycles. The molecule has 3 aromatic rings. The normalized spacial score (nSPS) is 23.4. The maximum atomic E-state index is 13.5. The smallest absolute Gasteiger partial charge is 0.225 e. The van der Waals surface area contributed by atoms with Crippen molar-refractivity contribution in [1.29, 1.82) is 0 Å². The summed E-state index contributed by atoms with van der Waals surface area (Å²) >= 11 is 6.19. The van der Waals surface area contributed by atoms with Crippen LogP contribution in [0.1, 0.15) is 60.2 Å². The highest BCUT2D eigenvalue weighted by atomic mass is 35.5. The lowest BCUT2D eigenvalue weighted by molar-refractivity contribution is -0.133. The number of benzene rings is 1. The first-order valence-electron chi connectivity index (χ1n) is 12.1. The largest absolute Gasteiger partial charge is 0.352 e. The number of aliphatic imine (C=N–C) groups is 1. The number of rotatable bonds is 3. The summed E-state index contributed by atoms with van der Waals surface area (Å²) in [6, 6.07) is 7.36. The van der Waals surface area contributed by atoms with E-state index in [1.54, 1.807) is 0 Å². The van der Waals surface area contributed by atoms with E-state index in [-0.39, 0.29) is 5.91 Å². The van der Waals surface area contributed by atoms with Crippen LogP contribution in [0.15, 0.2) is 35.5 Å². The van der Waals surface area contributed by atoms with Crippen LogP contribution in [0.4, 0.5) is 0 Å². The Kier molecular flexibility index (Phi) is 5.13. The molecule has 1 saturated carbocycles. The summed E-state index contributed by atoms with van der Waals surface area (Å²) in [7, 11) is 2.04.